The summed E-state index contributed by atoms with van der Waals surface area (Å²) in [7, 11) is 5.93. The number of nitrogens with zero attached hydrogens (tertiary/aromatic N) is 8. The molecule has 23 heteroatoms. The topological polar surface area (TPSA) is 257 Å². The number of fused-ring (bicyclic) bond motifs is 4. The summed E-state index contributed by atoms with van der Waals surface area (Å²) in [6.07, 6.45) is 9.67. The molecule has 0 saturated heterocycles. The maximum Gasteiger partial charge on any atom is 0.416 e. The van der Waals surface area contributed by atoms with Crippen molar-refractivity contribution in [3.63, 3.8) is 0 Å². The second-order valence-electron chi connectivity index (χ2n) is 28.1. The van der Waals surface area contributed by atoms with Crippen LogP contribution >= 0.6 is 0 Å². The molecular weight excluding hydrogens is 1550 g/mol. The number of hydrogen-bond donors (Lipinski definition) is 4. The Balaban J connectivity index is 0.000000140. The minimum atomic E-state index is -4.57. The van der Waals surface area contributed by atoms with Crippen LogP contribution in [0.25, 0.3) is 115 Å². The molecule has 0 amide bonds. The highest BCUT2D eigenvalue weighted by atomic mass is 19.4. The molecular formula is C99H83F3N8O12. The van der Waals surface area contributed by atoms with Gasteiger partial charge >= 0.3 is 6.18 Å². The van der Waals surface area contributed by atoms with Gasteiger partial charge in [0.05, 0.1) is 100 Å². The molecule has 0 fully saturated rings. The van der Waals surface area contributed by atoms with Crippen molar-refractivity contribution < 1.29 is 52.5 Å². The number of methoxy groups -OCH3 is 4. The molecule has 612 valence electrons. The van der Waals surface area contributed by atoms with E-state index in [2.05, 4.69) is 11.9 Å². The molecule has 0 aliphatic rings. The molecule has 20 nitrogen and oxygen atoms in total. The fraction of sp³-hybridized carbons (Fsp3) is 0.111. The molecule has 16 rings (SSSR count). The van der Waals surface area contributed by atoms with Gasteiger partial charge < -0.3 is 39.4 Å². The highest BCUT2D eigenvalue weighted by Crippen LogP contribution is 2.37. The van der Waals surface area contributed by atoms with Crippen molar-refractivity contribution in [3.8, 4) is 68.7 Å². The highest BCUT2D eigenvalue weighted by molar-refractivity contribution is 5.85. The van der Waals surface area contributed by atoms with Gasteiger partial charge in [-0.2, -0.15) is 13.2 Å². The minimum absolute atomic E-state index is 0.0330. The van der Waals surface area contributed by atoms with Gasteiger partial charge in [-0.3, -0.25) is 37.4 Å². The van der Waals surface area contributed by atoms with Crippen LogP contribution in [-0.2, 0) is 12.6 Å². The molecule has 0 aliphatic heterocycles. The lowest BCUT2D eigenvalue weighted by atomic mass is 10.1. The van der Waals surface area contributed by atoms with E-state index in [1.165, 1.54) is 59.6 Å². The van der Waals surface area contributed by atoms with E-state index in [9.17, 15) is 52.8 Å². The first-order valence-corrected chi connectivity index (χ1v) is 38.6. The summed E-state index contributed by atoms with van der Waals surface area (Å²) in [6, 6.07) is 74.4. The van der Waals surface area contributed by atoms with Crippen LogP contribution in [0.15, 0.2) is 274 Å². The van der Waals surface area contributed by atoms with Crippen molar-refractivity contribution in [2.45, 2.75) is 47.2 Å². The summed E-state index contributed by atoms with van der Waals surface area (Å²) in [5, 5.41) is 43.4. The van der Waals surface area contributed by atoms with E-state index in [0.29, 0.717) is 95.2 Å². The van der Waals surface area contributed by atoms with Gasteiger partial charge in [0.15, 0.2) is 46.0 Å². The number of rotatable bonds is 17. The number of phenolic OH excluding ortho intramolecular Hbond substituents is 4. The van der Waals surface area contributed by atoms with Gasteiger partial charge in [-0.1, -0.05) is 146 Å². The first-order chi connectivity index (χ1) is 58.9. The quantitative estimate of drug-likeness (QED) is 0.0661. The van der Waals surface area contributed by atoms with Crippen LogP contribution in [0.5, 0.6) is 46.0 Å². The second kappa shape index (κ2) is 37.3. The van der Waals surface area contributed by atoms with Gasteiger partial charge in [0.25, 0.3) is 22.2 Å². The third kappa shape index (κ3) is 18.4. The van der Waals surface area contributed by atoms with Crippen LogP contribution in [-0.4, -0.2) is 87.1 Å². The number of phenols is 4. The molecule has 0 bridgehead atoms. The van der Waals surface area contributed by atoms with Crippen molar-refractivity contribution in [2.24, 2.45) is 0 Å². The van der Waals surface area contributed by atoms with Crippen LogP contribution < -0.4 is 41.2 Å². The molecule has 0 unspecified atom stereocenters. The average Bonchev–Trinajstić information content (AvgIpc) is 0.778. The predicted octanol–water partition coefficient (Wildman–Crippen LogP) is 19.9. The second-order valence-corrected chi connectivity index (χ2v) is 28.1. The number of para-hydroxylation sites is 8. The number of hydrogen-bond acceptors (Lipinski definition) is 16. The van der Waals surface area contributed by atoms with Crippen molar-refractivity contribution >= 4 is 92.2 Å². The van der Waals surface area contributed by atoms with Crippen LogP contribution in [0.2, 0.25) is 0 Å². The van der Waals surface area contributed by atoms with Crippen LogP contribution in [0.3, 0.4) is 0 Å². The third-order valence-corrected chi connectivity index (χ3v) is 20.1. The first kappa shape index (κ1) is 84.3. The fourth-order valence-corrected chi connectivity index (χ4v) is 13.7. The average molecular weight is 1630 g/mol. The Hall–Kier alpha value is -15.7. The Morgan fingerprint density at radius 2 is 0.639 bits per heavy atom. The van der Waals surface area contributed by atoms with Gasteiger partial charge in [-0.25, -0.2) is 19.9 Å². The standard InChI is InChI=1S/C25H19F3N2O3.2C25H22N2O3.C24H20N2O3/c1-15-10-12-17(14-19(15)25(26,27)28)30-22(29-20-8-4-3-7-18(20)24(30)32)13-11-16-6-5-9-21(33-2)23(16)31;1-16-11-12-17(2)21(15-16)27-23(26-20-9-5-4-8-19(20)25(27)29)14-13-18-7-6-10-22(30-3)24(18)28;1-3-17-8-6-10-19(16-17)27-23(26-21-12-5-4-11-20(21)25(27)29)15-14-18-9-7-13-22(30-2)24(18)28;1-16-7-5-9-18(15-16)26-22(25-20-11-4-3-10-19(20)24(26)28)14-13-17-8-6-12-21(29-2)23(17)27/h3-14,31H,1-2H3;4-15,28H,1-3H3;4-16,28H,3H2,1-2H3;3-15,27H,1-2H3/b13-11+;14-13+;15-14+;14-13+. The first-order valence-electron chi connectivity index (χ1n) is 38.6. The summed E-state index contributed by atoms with van der Waals surface area (Å²) in [4.78, 5) is 72.0. The van der Waals surface area contributed by atoms with E-state index in [4.69, 9.17) is 33.9 Å². The summed E-state index contributed by atoms with van der Waals surface area (Å²) >= 11 is 0. The van der Waals surface area contributed by atoms with Gasteiger partial charge in [0.2, 0.25) is 0 Å². The smallest absolute Gasteiger partial charge is 0.416 e. The number of alkyl halides is 3. The highest BCUT2D eigenvalue weighted by Gasteiger charge is 2.33. The van der Waals surface area contributed by atoms with E-state index in [1.54, 1.807) is 165 Å². The molecule has 16 aromatic rings. The van der Waals surface area contributed by atoms with Gasteiger partial charge in [0.1, 0.15) is 23.3 Å². The van der Waals surface area contributed by atoms with Gasteiger partial charge in [0, 0.05) is 22.3 Å². The van der Waals surface area contributed by atoms with E-state index in [1.807, 2.05) is 142 Å². The number of ether oxygens (including phenoxy) is 4. The zero-order valence-corrected chi connectivity index (χ0v) is 67.8. The Labute approximate surface area is 698 Å². The maximum absolute atomic E-state index is 13.5. The van der Waals surface area contributed by atoms with Crippen LogP contribution in [0, 0.1) is 27.7 Å². The minimum Gasteiger partial charge on any atom is -0.504 e. The normalized spacial score (nSPS) is 11.4. The van der Waals surface area contributed by atoms with E-state index >= 15 is 0 Å². The van der Waals surface area contributed by atoms with Crippen molar-refractivity contribution in [1.82, 2.24) is 38.2 Å². The Morgan fingerprint density at radius 1 is 0.328 bits per heavy atom. The molecule has 0 saturated carbocycles. The summed E-state index contributed by atoms with van der Waals surface area (Å²) in [6.45, 7) is 9.38. The molecule has 4 N–H and O–H groups in total. The summed E-state index contributed by atoms with van der Waals surface area (Å²) in [5.74, 6) is 2.97. The van der Waals surface area contributed by atoms with E-state index in [0.717, 1.165) is 56.4 Å². The number of aromatic nitrogens is 8. The molecule has 12 aromatic carbocycles. The van der Waals surface area contributed by atoms with Crippen molar-refractivity contribution in [3.05, 3.63) is 375 Å². The SMILES string of the molecule is CCc1cccc(-n2c(/C=C/c3cccc(OC)c3O)nc3ccccc3c2=O)c1.COc1cccc(/C=C/c2nc3ccccc3c(=O)n2-c2cc(C)ccc2C)c1O.COc1cccc(/C=C/c2nc3ccccc3c(=O)n2-c2ccc(C)c(C(F)(F)F)c2)c1O.COc1cccc(/C=C/c2nc3ccccc3c(=O)n2-c2cccc(C)c2)c1O. The molecule has 0 aliphatic carbocycles. The Kier molecular flexibility index (Phi) is 25.8. The lowest BCUT2D eigenvalue weighted by molar-refractivity contribution is -0.138. The van der Waals surface area contributed by atoms with Gasteiger partial charge in [-0.05, 0) is 226 Å². The molecule has 4 heterocycles. The monoisotopic (exact) mass is 1630 g/mol. The zero-order chi connectivity index (χ0) is 86.5. The van der Waals surface area contributed by atoms with Crippen LogP contribution in [0.4, 0.5) is 13.2 Å². The van der Waals surface area contributed by atoms with E-state index < -0.39 is 17.3 Å². The summed E-state index contributed by atoms with van der Waals surface area (Å²) < 4.78 is 67.2. The van der Waals surface area contributed by atoms with Crippen molar-refractivity contribution in [2.75, 3.05) is 28.4 Å². The Bertz CT molecular complexity index is 7050. The molecule has 0 spiro atoms. The molecule has 4 aromatic heterocycles. The number of aryl methyl sites for hydroxylation is 5. The predicted molar refractivity (Wildman–Crippen MR) is 477 cm³/mol. The van der Waals surface area contributed by atoms with Crippen molar-refractivity contribution in [1.29, 1.82) is 0 Å². The summed E-state index contributed by atoms with van der Waals surface area (Å²) in [5.41, 5.74) is 9.19. The Morgan fingerprint density at radius 3 is 0.992 bits per heavy atom. The third-order valence-electron chi connectivity index (χ3n) is 20.1. The zero-order valence-electron chi connectivity index (χ0n) is 67.8. The molecule has 0 atom stereocenters. The fourth-order valence-electron chi connectivity index (χ4n) is 13.7. The number of aromatic hydroxyl groups is 4. The number of halogens is 3. The maximum atomic E-state index is 13.5. The molecule has 122 heavy (non-hydrogen) atoms. The van der Waals surface area contributed by atoms with Gasteiger partial charge in [-0.15, -0.1) is 0 Å². The largest absolute Gasteiger partial charge is 0.504 e. The van der Waals surface area contributed by atoms with E-state index in [-0.39, 0.29) is 67.9 Å². The number of benzene rings is 12. The van der Waals surface area contributed by atoms with Crippen LogP contribution in [0.1, 0.15) is 85.9 Å². The lowest BCUT2D eigenvalue weighted by Crippen LogP contribution is -2.23. The molecule has 0 radical (unpaired) electrons. The lowest BCUT2D eigenvalue weighted by Gasteiger charge is -2.15.